The van der Waals surface area contributed by atoms with E-state index in [1.54, 1.807) is 25.3 Å². The highest BCUT2D eigenvalue weighted by atomic mass is 32.2. The van der Waals surface area contributed by atoms with E-state index in [0.717, 1.165) is 0 Å². The summed E-state index contributed by atoms with van der Waals surface area (Å²) in [4.78, 5) is 36.5. The van der Waals surface area contributed by atoms with Crippen LogP contribution in [0, 0.1) is 0 Å². The first-order valence-electron chi connectivity index (χ1n) is 6.20. The van der Waals surface area contributed by atoms with E-state index in [1.165, 1.54) is 30.4 Å². The van der Waals surface area contributed by atoms with E-state index in [4.69, 9.17) is 4.74 Å². The van der Waals surface area contributed by atoms with Crippen molar-refractivity contribution in [2.24, 2.45) is 0 Å². The first kappa shape index (κ1) is 15.1. The maximum Gasteiger partial charge on any atom is 0.342 e. The fourth-order valence-corrected chi connectivity index (χ4v) is 1.98. The van der Waals surface area contributed by atoms with E-state index in [-0.39, 0.29) is 23.6 Å². The summed E-state index contributed by atoms with van der Waals surface area (Å²) in [5, 5.41) is 0.417. The number of pyridine rings is 1. The van der Waals surface area contributed by atoms with Crippen molar-refractivity contribution in [3.05, 3.63) is 47.5 Å². The lowest BCUT2D eigenvalue weighted by Crippen LogP contribution is -2.16. The van der Waals surface area contributed by atoms with Crippen LogP contribution in [0.25, 0.3) is 0 Å². The lowest BCUT2D eigenvalue weighted by atomic mass is 10.1. The van der Waals surface area contributed by atoms with Gasteiger partial charge in [-0.25, -0.2) is 14.8 Å². The predicted molar refractivity (Wildman–Crippen MR) is 77.4 cm³/mol. The van der Waals surface area contributed by atoms with Gasteiger partial charge in [0.05, 0.1) is 6.61 Å². The Bertz CT molecular complexity index is 662. The Morgan fingerprint density at radius 1 is 1.29 bits per heavy atom. The second-order valence-electron chi connectivity index (χ2n) is 3.90. The number of carbonyl (C=O) groups excluding carboxylic acids is 2. The summed E-state index contributed by atoms with van der Waals surface area (Å²) in [6.45, 7) is 1.91. The van der Waals surface area contributed by atoms with Gasteiger partial charge in [0, 0.05) is 24.2 Å². The van der Waals surface area contributed by atoms with E-state index < -0.39 is 5.97 Å². The van der Waals surface area contributed by atoms with Crippen LogP contribution in [0.3, 0.4) is 0 Å². The van der Waals surface area contributed by atoms with Crippen molar-refractivity contribution in [3.8, 4) is 0 Å². The monoisotopic (exact) mass is 303 g/mol. The molecule has 0 aliphatic heterocycles. The molecule has 0 saturated heterocycles. The van der Waals surface area contributed by atoms with Crippen LogP contribution >= 0.6 is 11.8 Å². The number of rotatable bonds is 5. The molecule has 2 rings (SSSR count). The topological polar surface area (TPSA) is 82.0 Å². The van der Waals surface area contributed by atoms with Crippen molar-refractivity contribution in [1.29, 1.82) is 0 Å². The van der Waals surface area contributed by atoms with Gasteiger partial charge in [-0.15, -0.1) is 0 Å². The number of thioether (sulfide) groups is 1. The second-order valence-corrected chi connectivity index (χ2v) is 4.68. The van der Waals surface area contributed by atoms with Crippen LogP contribution in [-0.2, 0) is 4.74 Å². The maximum absolute atomic E-state index is 12.5. The molecule has 0 saturated carbocycles. The van der Waals surface area contributed by atoms with Crippen LogP contribution in [0.15, 0.2) is 35.9 Å². The Morgan fingerprint density at radius 2 is 2.00 bits per heavy atom. The summed E-state index contributed by atoms with van der Waals surface area (Å²) in [5.74, 6) is -0.972. The molecule has 0 N–H and O–H groups in total. The van der Waals surface area contributed by atoms with Crippen molar-refractivity contribution in [1.82, 2.24) is 15.0 Å². The number of nitrogens with zero attached hydrogens (tertiary/aromatic N) is 3. The van der Waals surface area contributed by atoms with Crippen LogP contribution in [0.1, 0.15) is 33.3 Å². The molecule has 0 amide bonds. The quantitative estimate of drug-likeness (QED) is 0.361. The molecule has 21 heavy (non-hydrogen) atoms. The molecule has 0 spiro atoms. The molecule has 6 nitrogen and oxygen atoms in total. The Labute approximate surface area is 126 Å². The minimum Gasteiger partial charge on any atom is -0.462 e. The minimum absolute atomic E-state index is 0.0407. The number of ether oxygens (including phenoxy) is 1. The molecule has 0 atom stereocenters. The van der Waals surface area contributed by atoms with Gasteiger partial charge in [0.15, 0.2) is 5.16 Å². The van der Waals surface area contributed by atoms with Gasteiger partial charge in [-0.1, -0.05) is 11.8 Å². The highest BCUT2D eigenvalue weighted by Crippen LogP contribution is 2.16. The molecule has 0 aliphatic carbocycles. The SMILES string of the molecule is CCOC(=O)c1cnc(SC)nc1C(=O)c1ccncc1. The van der Waals surface area contributed by atoms with Gasteiger partial charge in [-0.05, 0) is 25.3 Å². The summed E-state index contributed by atoms with van der Waals surface area (Å²) in [7, 11) is 0. The third kappa shape index (κ3) is 3.43. The Balaban J connectivity index is 2.49. The van der Waals surface area contributed by atoms with E-state index in [9.17, 15) is 9.59 Å². The van der Waals surface area contributed by atoms with E-state index >= 15 is 0 Å². The highest BCUT2D eigenvalue weighted by Gasteiger charge is 2.22. The fourth-order valence-electron chi connectivity index (χ4n) is 1.64. The summed E-state index contributed by atoms with van der Waals surface area (Å²) in [6.07, 6.45) is 6.13. The van der Waals surface area contributed by atoms with Crippen LogP contribution in [0.2, 0.25) is 0 Å². The summed E-state index contributed by atoms with van der Waals surface area (Å²) >= 11 is 1.29. The zero-order chi connectivity index (χ0) is 15.2. The molecular formula is C14H13N3O3S. The average molecular weight is 303 g/mol. The Morgan fingerprint density at radius 3 is 2.62 bits per heavy atom. The number of carbonyl (C=O) groups is 2. The number of ketones is 1. The fraction of sp³-hybridized carbons (Fsp3) is 0.214. The second kappa shape index (κ2) is 6.94. The molecule has 0 radical (unpaired) electrons. The molecule has 0 aromatic carbocycles. The van der Waals surface area contributed by atoms with Gasteiger partial charge in [0.1, 0.15) is 11.3 Å². The highest BCUT2D eigenvalue weighted by molar-refractivity contribution is 7.98. The van der Waals surface area contributed by atoms with Gasteiger partial charge in [0.2, 0.25) is 5.78 Å². The number of hydrogen-bond donors (Lipinski definition) is 0. The molecule has 0 unspecified atom stereocenters. The largest absolute Gasteiger partial charge is 0.462 e. The molecule has 0 fully saturated rings. The van der Waals surface area contributed by atoms with Crippen molar-refractivity contribution >= 4 is 23.5 Å². The van der Waals surface area contributed by atoms with Crippen molar-refractivity contribution in [2.75, 3.05) is 12.9 Å². The van der Waals surface area contributed by atoms with Crippen molar-refractivity contribution in [3.63, 3.8) is 0 Å². The van der Waals surface area contributed by atoms with E-state index in [0.29, 0.717) is 10.7 Å². The molecule has 108 valence electrons. The van der Waals surface area contributed by atoms with Gasteiger partial charge in [-0.2, -0.15) is 0 Å². The predicted octanol–water partition coefficient (Wildman–Crippen LogP) is 2.00. The zero-order valence-electron chi connectivity index (χ0n) is 11.6. The van der Waals surface area contributed by atoms with Gasteiger partial charge < -0.3 is 4.74 Å². The van der Waals surface area contributed by atoms with E-state index in [1.807, 2.05) is 0 Å². The van der Waals surface area contributed by atoms with Crippen LogP contribution in [-0.4, -0.2) is 39.6 Å². The number of esters is 1. The van der Waals surface area contributed by atoms with E-state index in [2.05, 4.69) is 15.0 Å². The van der Waals surface area contributed by atoms with Gasteiger partial charge >= 0.3 is 5.97 Å². The molecule has 0 bridgehead atoms. The molecular weight excluding hydrogens is 290 g/mol. The standard InChI is InChI=1S/C14H13N3O3S/c1-3-20-13(19)10-8-16-14(21-2)17-11(10)12(18)9-4-6-15-7-5-9/h4-8H,3H2,1-2H3. The van der Waals surface area contributed by atoms with Crippen LogP contribution < -0.4 is 0 Å². The van der Waals surface area contributed by atoms with Crippen molar-refractivity contribution in [2.45, 2.75) is 12.1 Å². The first-order chi connectivity index (χ1) is 10.2. The van der Waals surface area contributed by atoms with Gasteiger partial charge in [0.25, 0.3) is 0 Å². The lowest BCUT2D eigenvalue weighted by molar-refractivity contribution is 0.0522. The summed E-state index contributed by atoms with van der Waals surface area (Å²) in [6, 6.07) is 3.14. The van der Waals surface area contributed by atoms with Crippen LogP contribution in [0.4, 0.5) is 0 Å². The Kier molecular flexibility index (Phi) is 4.99. The average Bonchev–Trinajstić information content (AvgIpc) is 2.54. The van der Waals surface area contributed by atoms with Crippen molar-refractivity contribution < 1.29 is 14.3 Å². The molecule has 2 heterocycles. The third-order valence-corrected chi connectivity index (χ3v) is 3.16. The maximum atomic E-state index is 12.5. The zero-order valence-corrected chi connectivity index (χ0v) is 12.4. The molecule has 7 heteroatoms. The summed E-state index contributed by atoms with van der Waals surface area (Å²) < 4.78 is 4.94. The third-order valence-electron chi connectivity index (χ3n) is 2.60. The molecule has 2 aromatic rings. The Hall–Kier alpha value is -2.28. The first-order valence-corrected chi connectivity index (χ1v) is 7.42. The minimum atomic E-state index is -0.609. The van der Waals surface area contributed by atoms with Gasteiger partial charge in [-0.3, -0.25) is 9.78 Å². The van der Waals surface area contributed by atoms with Crippen LogP contribution in [0.5, 0.6) is 0 Å². The normalized spacial score (nSPS) is 10.2. The molecule has 2 aromatic heterocycles. The lowest BCUT2D eigenvalue weighted by Gasteiger charge is -2.08. The summed E-state index contributed by atoms with van der Waals surface area (Å²) in [5.41, 5.74) is 0.511. The number of hydrogen-bond acceptors (Lipinski definition) is 7. The molecule has 0 aliphatic rings. The number of aromatic nitrogens is 3. The smallest absolute Gasteiger partial charge is 0.342 e.